The summed E-state index contributed by atoms with van der Waals surface area (Å²) in [5, 5.41) is 0. The molecule has 0 unspecified atom stereocenters. The maximum Gasteiger partial charge on any atom is 0.410 e. The van der Waals surface area contributed by atoms with E-state index in [9.17, 15) is 9.59 Å². The van der Waals surface area contributed by atoms with Crippen LogP contribution in [0.15, 0.2) is 22.7 Å². The van der Waals surface area contributed by atoms with E-state index in [4.69, 9.17) is 4.74 Å². The molecule has 1 aromatic carbocycles. The van der Waals surface area contributed by atoms with E-state index in [2.05, 4.69) is 15.9 Å². The summed E-state index contributed by atoms with van der Waals surface area (Å²) in [5.41, 5.74) is 1.81. The Labute approximate surface area is 139 Å². The number of ether oxygens (including phenoxy) is 1. The number of carbonyl (C=O) groups is 2. The average Bonchev–Trinajstić information content (AvgIpc) is 2.45. The minimum Gasteiger partial charge on any atom is -0.450 e. The molecule has 22 heavy (non-hydrogen) atoms. The molecule has 0 aliphatic carbocycles. The van der Waals surface area contributed by atoms with Crippen LogP contribution < -0.4 is 4.90 Å². The predicted octanol–water partition coefficient (Wildman–Crippen LogP) is 3.72. The van der Waals surface area contributed by atoms with Crippen LogP contribution in [0.2, 0.25) is 0 Å². The van der Waals surface area contributed by atoms with Crippen LogP contribution in [0.5, 0.6) is 0 Å². The quantitative estimate of drug-likeness (QED) is 0.798. The number of benzene rings is 1. The molecule has 0 saturated carbocycles. The van der Waals surface area contributed by atoms with E-state index in [1.165, 1.54) is 0 Å². The molecule has 1 heterocycles. The monoisotopic (exact) mass is 368 g/mol. The van der Waals surface area contributed by atoms with E-state index in [1.54, 1.807) is 30.7 Å². The first-order valence-corrected chi connectivity index (χ1v) is 8.15. The van der Waals surface area contributed by atoms with Crippen LogP contribution in [0, 0.1) is 0 Å². The van der Waals surface area contributed by atoms with Gasteiger partial charge in [0.2, 0.25) is 5.91 Å². The Morgan fingerprint density at radius 2 is 2.14 bits per heavy atom. The van der Waals surface area contributed by atoms with Crippen molar-refractivity contribution in [2.45, 2.75) is 39.3 Å². The first kappa shape index (κ1) is 16.8. The Kier molecular flexibility index (Phi) is 5.11. The maximum atomic E-state index is 12.1. The largest absolute Gasteiger partial charge is 0.450 e. The lowest BCUT2D eigenvalue weighted by atomic mass is 9.91. The molecule has 0 saturated heterocycles. The fraction of sp³-hybridized carbons (Fsp3) is 0.500. The molecule has 2 amide bonds. The highest BCUT2D eigenvalue weighted by Crippen LogP contribution is 2.41. The number of anilines is 1. The lowest BCUT2D eigenvalue weighted by Gasteiger charge is -2.41. The normalized spacial score (nSPS) is 20.3. The second kappa shape index (κ2) is 6.69. The summed E-state index contributed by atoms with van der Waals surface area (Å²) in [7, 11) is 1.74. The first-order chi connectivity index (χ1) is 10.4. The van der Waals surface area contributed by atoms with E-state index in [0.717, 1.165) is 15.7 Å². The minimum atomic E-state index is -0.345. The van der Waals surface area contributed by atoms with Crippen molar-refractivity contribution in [2.75, 3.05) is 18.6 Å². The highest BCUT2D eigenvalue weighted by atomic mass is 79.9. The third-order valence-corrected chi connectivity index (χ3v) is 4.47. The topological polar surface area (TPSA) is 49.9 Å². The first-order valence-electron chi connectivity index (χ1n) is 7.35. The Morgan fingerprint density at radius 3 is 2.73 bits per heavy atom. The molecule has 0 bridgehead atoms. The van der Waals surface area contributed by atoms with E-state index >= 15 is 0 Å². The van der Waals surface area contributed by atoms with E-state index in [-0.39, 0.29) is 24.1 Å². The molecular weight excluding hydrogens is 348 g/mol. The molecule has 0 spiro atoms. The van der Waals surface area contributed by atoms with Crippen LogP contribution in [0.1, 0.15) is 38.8 Å². The Hall–Kier alpha value is -1.56. The van der Waals surface area contributed by atoms with Crippen molar-refractivity contribution in [1.29, 1.82) is 0 Å². The van der Waals surface area contributed by atoms with Crippen LogP contribution >= 0.6 is 15.9 Å². The van der Waals surface area contributed by atoms with Gasteiger partial charge < -0.3 is 14.5 Å². The summed E-state index contributed by atoms with van der Waals surface area (Å²) in [4.78, 5) is 27.5. The van der Waals surface area contributed by atoms with Crippen molar-refractivity contribution in [3.8, 4) is 0 Å². The zero-order valence-corrected chi connectivity index (χ0v) is 14.9. The molecular formula is C16H21BrN2O3. The lowest BCUT2D eigenvalue weighted by Crippen LogP contribution is -2.46. The van der Waals surface area contributed by atoms with Gasteiger partial charge in [-0.3, -0.25) is 4.79 Å². The molecule has 6 heteroatoms. The molecule has 0 radical (unpaired) electrons. The van der Waals surface area contributed by atoms with Gasteiger partial charge in [-0.2, -0.15) is 0 Å². The summed E-state index contributed by atoms with van der Waals surface area (Å²) in [5.74, 6) is 0.00769. The summed E-state index contributed by atoms with van der Waals surface area (Å²) < 4.78 is 6.03. The van der Waals surface area contributed by atoms with Gasteiger partial charge in [0.25, 0.3) is 0 Å². The third-order valence-electron chi connectivity index (χ3n) is 3.98. The van der Waals surface area contributed by atoms with Crippen molar-refractivity contribution in [3.63, 3.8) is 0 Å². The van der Waals surface area contributed by atoms with Gasteiger partial charge in [-0.25, -0.2) is 4.79 Å². The molecule has 2 atom stereocenters. The van der Waals surface area contributed by atoms with Crippen molar-refractivity contribution in [3.05, 3.63) is 28.2 Å². The van der Waals surface area contributed by atoms with Gasteiger partial charge in [0.15, 0.2) is 0 Å². The number of fused-ring (bicyclic) bond motifs is 1. The SMILES string of the molecule is CCOC(=O)N(C)[C@H]1C[C@@H](C)N(C(C)=O)c2ccc(Br)cc21. The average molecular weight is 369 g/mol. The van der Waals surface area contributed by atoms with E-state index in [1.807, 2.05) is 25.1 Å². The predicted molar refractivity (Wildman–Crippen MR) is 88.9 cm³/mol. The van der Waals surface area contributed by atoms with Crippen molar-refractivity contribution >= 4 is 33.6 Å². The number of hydrogen-bond acceptors (Lipinski definition) is 3. The van der Waals surface area contributed by atoms with E-state index < -0.39 is 0 Å². The van der Waals surface area contributed by atoms with E-state index in [0.29, 0.717) is 13.0 Å². The Bertz CT molecular complexity index is 591. The molecule has 0 N–H and O–H groups in total. The zero-order chi connectivity index (χ0) is 16.4. The van der Waals surface area contributed by atoms with Crippen LogP contribution in [0.25, 0.3) is 0 Å². The van der Waals surface area contributed by atoms with Crippen LogP contribution in [0.3, 0.4) is 0 Å². The number of rotatable bonds is 2. The molecule has 1 aliphatic rings. The summed E-state index contributed by atoms with van der Waals surface area (Å²) in [6, 6.07) is 5.71. The maximum absolute atomic E-state index is 12.1. The van der Waals surface area contributed by atoms with Gasteiger partial charge in [0.1, 0.15) is 0 Å². The second-order valence-corrected chi connectivity index (χ2v) is 6.42. The second-order valence-electron chi connectivity index (χ2n) is 5.50. The molecule has 1 aliphatic heterocycles. The van der Waals surface area contributed by atoms with Crippen LogP contribution in [-0.2, 0) is 9.53 Å². The third kappa shape index (κ3) is 3.11. The van der Waals surface area contributed by atoms with Gasteiger partial charge in [0, 0.05) is 30.2 Å². The summed E-state index contributed by atoms with van der Waals surface area (Å²) >= 11 is 3.47. The summed E-state index contributed by atoms with van der Waals surface area (Å²) in [6.45, 7) is 5.70. The fourth-order valence-electron chi connectivity index (χ4n) is 3.00. The molecule has 1 aromatic rings. The number of carbonyl (C=O) groups excluding carboxylic acids is 2. The fourth-order valence-corrected chi connectivity index (χ4v) is 3.38. The lowest BCUT2D eigenvalue weighted by molar-refractivity contribution is -0.117. The van der Waals surface area contributed by atoms with Crippen molar-refractivity contribution in [1.82, 2.24) is 4.90 Å². The number of nitrogens with zero attached hydrogens (tertiary/aromatic N) is 2. The molecule has 120 valence electrons. The smallest absolute Gasteiger partial charge is 0.410 e. The molecule has 0 aromatic heterocycles. The van der Waals surface area contributed by atoms with Crippen molar-refractivity contribution in [2.24, 2.45) is 0 Å². The zero-order valence-electron chi connectivity index (χ0n) is 13.3. The van der Waals surface area contributed by atoms with Gasteiger partial charge in [-0.05, 0) is 44.0 Å². The number of amides is 2. The minimum absolute atomic E-state index is 0.00769. The molecule has 5 nitrogen and oxygen atoms in total. The van der Waals surface area contributed by atoms with Gasteiger partial charge in [0.05, 0.1) is 12.6 Å². The van der Waals surface area contributed by atoms with Crippen molar-refractivity contribution < 1.29 is 14.3 Å². The number of hydrogen-bond donors (Lipinski definition) is 0. The van der Waals surface area contributed by atoms with Crippen LogP contribution in [0.4, 0.5) is 10.5 Å². The molecule has 2 rings (SSSR count). The summed E-state index contributed by atoms with van der Waals surface area (Å²) in [6.07, 6.45) is 0.333. The Morgan fingerprint density at radius 1 is 1.45 bits per heavy atom. The molecule has 0 fully saturated rings. The van der Waals surface area contributed by atoms with Gasteiger partial charge >= 0.3 is 6.09 Å². The Balaban J connectivity index is 2.46. The van der Waals surface area contributed by atoms with Gasteiger partial charge in [-0.1, -0.05) is 15.9 Å². The number of halogens is 1. The highest BCUT2D eigenvalue weighted by Gasteiger charge is 2.36. The van der Waals surface area contributed by atoms with Crippen LogP contribution in [-0.4, -0.2) is 36.6 Å². The van der Waals surface area contributed by atoms with Gasteiger partial charge in [-0.15, -0.1) is 0 Å². The highest BCUT2D eigenvalue weighted by molar-refractivity contribution is 9.10. The standard InChI is InChI=1S/C16H21BrN2O3/c1-5-22-16(21)18(4)15-8-10(2)19(11(3)20)14-7-6-12(17)9-13(14)15/h6-7,9-10,15H,5,8H2,1-4H3/t10-,15+/m1/s1.